The molecule has 3 atom stereocenters. The number of aromatic hydroxyl groups is 1. The van der Waals surface area contributed by atoms with Gasteiger partial charge in [-0.3, -0.25) is 9.80 Å². The second kappa shape index (κ2) is 6.01. The number of fused-ring (bicyclic) bond motifs is 2. The summed E-state index contributed by atoms with van der Waals surface area (Å²) in [4.78, 5) is 5.65. The number of nitrogens with zero attached hydrogens (tertiary/aromatic N) is 2. The highest BCUT2D eigenvalue weighted by Gasteiger charge is 2.54. The van der Waals surface area contributed by atoms with Crippen molar-refractivity contribution in [2.45, 2.75) is 49.7 Å². The summed E-state index contributed by atoms with van der Waals surface area (Å²) in [5.74, 6) is 1.86. The van der Waals surface area contributed by atoms with Gasteiger partial charge < -0.3 is 10.4 Å². The van der Waals surface area contributed by atoms with Crippen LogP contribution in [0.15, 0.2) is 24.3 Å². The van der Waals surface area contributed by atoms with Gasteiger partial charge in [0.2, 0.25) is 0 Å². The van der Waals surface area contributed by atoms with Crippen molar-refractivity contribution >= 4 is 0 Å². The number of phenolic OH excluding ortho intramolecular Hbond substituents is 1. The molecule has 1 aromatic carbocycles. The van der Waals surface area contributed by atoms with Crippen LogP contribution in [-0.4, -0.2) is 65.8 Å². The van der Waals surface area contributed by atoms with E-state index in [1.54, 1.807) is 6.07 Å². The maximum Gasteiger partial charge on any atom is 0.115 e. The van der Waals surface area contributed by atoms with Crippen LogP contribution in [0.25, 0.3) is 0 Å². The zero-order valence-corrected chi connectivity index (χ0v) is 14.4. The predicted molar refractivity (Wildman–Crippen MR) is 95.3 cm³/mol. The van der Waals surface area contributed by atoms with Gasteiger partial charge in [-0.25, -0.2) is 0 Å². The van der Waals surface area contributed by atoms with Crippen molar-refractivity contribution in [2.75, 3.05) is 32.7 Å². The zero-order valence-electron chi connectivity index (χ0n) is 14.4. The summed E-state index contributed by atoms with van der Waals surface area (Å²) in [5, 5.41) is 13.5. The van der Waals surface area contributed by atoms with E-state index < -0.39 is 0 Å². The molecule has 0 amide bonds. The molecular formula is C20H29N3O. The summed E-state index contributed by atoms with van der Waals surface area (Å²) in [6, 6.07) is 10.2. The van der Waals surface area contributed by atoms with E-state index in [1.807, 2.05) is 12.1 Å². The van der Waals surface area contributed by atoms with Crippen molar-refractivity contribution in [1.29, 1.82) is 0 Å². The van der Waals surface area contributed by atoms with Crippen LogP contribution in [0, 0.1) is 5.92 Å². The first kappa shape index (κ1) is 15.2. The molecule has 2 N–H and O–H groups in total. The minimum Gasteiger partial charge on any atom is -0.508 e. The maximum atomic E-state index is 9.98. The Morgan fingerprint density at radius 2 is 1.79 bits per heavy atom. The van der Waals surface area contributed by atoms with Crippen LogP contribution >= 0.6 is 0 Å². The van der Waals surface area contributed by atoms with Crippen molar-refractivity contribution in [3.63, 3.8) is 0 Å². The Bertz CT molecular complexity index is 592. The van der Waals surface area contributed by atoms with Crippen LogP contribution in [-0.2, 0) is 0 Å². The summed E-state index contributed by atoms with van der Waals surface area (Å²) < 4.78 is 0. The fourth-order valence-electron chi connectivity index (χ4n) is 6.06. The van der Waals surface area contributed by atoms with Gasteiger partial charge in [0, 0.05) is 30.6 Å². The van der Waals surface area contributed by atoms with Gasteiger partial charge in [0.05, 0.1) is 0 Å². The molecule has 2 bridgehead atoms. The van der Waals surface area contributed by atoms with E-state index in [0.29, 0.717) is 17.7 Å². The summed E-state index contributed by atoms with van der Waals surface area (Å²) in [6.07, 6.45) is 5.36. The van der Waals surface area contributed by atoms with Crippen molar-refractivity contribution in [1.82, 2.24) is 15.1 Å². The Morgan fingerprint density at radius 1 is 1.00 bits per heavy atom. The fourth-order valence-corrected chi connectivity index (χ4v) is 6.06. The minimum absolute atomic E-state index is 0.417. The van der Waals surface area contributed by atoms with Gasteiger partial charge in [-0.05, 0) is 75.5 Å². The number of hydrogen-bond donors (Lipinski definition) is 2. The number of piperidine rings is 4. The predicted octanol–water partition coefficient (Wildman–Crippen LogP) is 2.01. The zero-order chi connectivity index (χ0) is 16.1. The number of rotatable bonds is 2. The second-order valence-corrected chi connectivity index (χ2v) is 8.23. The van der Waals surface area contributed by atoms with Gasteiger partial charge in [-0.1, -0.05) is 12.1 Å². The lowest BCUT2D eigenvalue weighted by Crippen LogP contribution is -2.61. The molecule has 6 rings (SSSR count). The highest BCUT2D eigenvalue weighted by Crippen LogP contribution is 2.48. The molecule has 0 spiro atoms. The van der Waals surface area contributed by atoms with Crippen LogP contribution in [0.2, 0.25) is 0 Å². The van der Waals surface area contributed by atoms with E-state index >= 15 is 0 Å². The Kier molecular flexibility index (Phi) is 3.80. The Morgan fingerprint density at radius 3 is 2.54 bits per heavy atom. The lowest BCUT2D eigenvalue weighted by atomic mass is 9.75. The van der Waals surface area contributed by atoms with Crippen molar-refractivity contribution in [2.24, 2.45) is 5.92 Å². The van der Waals surface area contributed by atoms with Crippen LogP contribution in [0.1, 0.15) is 37.2 Å². The third-order valence-electron chi connectivity index (χ3n) is 7.11. The fraction of sp³-hybridized carbons (Fsp3) is 0.700. The summed E-state index contributed by atoms with van der Waals surface area (Å²) >= 11 is 0. The molecule has 0 aromatic heterocycles. The molecule has 0 aliphatic carbocycles. The molecule has 0 saturated carbocycles. The van der Waals surface area contributed by atoms with Crippen molar-refractivity contribution in [3.8, 4) is 5.75 Å². The van der Waals surface area contributed by atoms with Gasteiger partial charge in [0.1, 0.15) is 5.75 Å². The average Bonchev–Trinajstić information content (AvgIpc) is 3.06. The van der Waals surface area contributed by atoms with Crippen LogP contribution in [0.5, 0.6) is 5.75 Å². The molecule has 5 aliphatic heterocycles. The van der Waals surface area contributed by atoms with E-state index in [9.17, 15) is 5.11 Å². The Balaban J connectivity index is 1.49. The highest BCUT2D eigenvalue weighted by atomic mass is 16.3. The van der Waals surface area contributed by atoms with E-state index in [4.69, 9.17) is 0 Å². The van der Waals surface area contributed by atoms with E-state index in [1.165, 1.54) is 64.0 Å². The monoisotopic (exact) mass is 327 g/mol. The topological polar surface area (TPSA) is 38.7 Å². The third kappa shape index (κ3) is 2.39. The number of likely N-dealkylation sites (tertiary alicyclic amines) is 1. The Labute approximate surface area is 144 Å². The molecule has 5 saturated heterocycles. The summed E-state index contributed by atoms with van der Waals surface area (Å²) in [6.45, 7) is 6.08. The maximum absolute atomic E-state index is 9.98. The quantitative estimate of drug-likeness (QED) is 0.871. The minimum atomic E-state index is 0.417. The standard InChI is InChI=1S/C20H29N3O/c24-17-3-1-2-15(12-17)18-13-23(16-4-8-21-9-5-16)19-14-6-10-22(11-7-14)20(18)19/h1-3,12,14,16,18-21,24H,4-11,13H2/t18-,19+,20+/m0/s1. The molecule has 5 aliphatic rings. The smallest absolute Gasteiger partial charge is 0.115 e. The largest absolute Gasteiger partial charge is 0.508 e. The molecule has 1 aromatic rings. The van der Waals surface area contributed by atoms with Crippen LogP contribution in [0.3, 0.4) is 0 Å². The first-order valence-electron chi connectivity index (χ1n) is 9.81. The van der Waals surface area contributed by atoms with Gasteiger partial charge in [-0.2, -0.15) is 0 Å². The number of nitrogens with one attached hydrogen (secondary N) is 1. The Hall–Kier alpha value is -1.10. The van der Waals surface area contributed by atoms with Gasteiger partial charge in [0.25, 0.3) is 0 Å². The molecule has 0 radical (unpaired) electrons. The highest BCUT2D eigenvalue weighted by molar-refractivity contribution is 5.33. The molecule has 24 heavy (non-hydrogen) atoms. The first-order valence-corrected chi connectivity index (χ1v) is 9.81. The molecule has 5 fully saturated rings. The molecule has 4 heteroatoms. The molecule has 4 nitrogen and oxygen atoms in total. The third-order valence-corrected chi connectivity index (χ3v) is 7.11. The van der Waals surface area contributed by atoms with E-state index in [0.717, 1.165) is 18.0 Å². The van der Waals surface area contributed by atoms with Gasteiger partial charge >= 0.3 is 0 Å². The summed E-state index contributed by atoms with van der Waals surface area (Å²) in [5.41, 5.74) is 1.34. The number of phenols is 1. The molecular weight excluding hydrogens is 298 g/mol. The normalized spacial score (nSPS) is 39.9. The average molecular weight is 327 g/mol. The lowest BCUT2D eigenvalue weighted by Gasteiger charge is -2.52. The van der Waals surface area contributed by atoms with Gasteiger partial charge in [-0.15, -0.1) is 0 Å². The molecule has 0 unspecified atom stereocenters. The number of hydrogen-bond acceptors (Lipinski definition) is 4. The molecule has 130 valence electrons. The summed E-state index contributed by atoms with van der Waals surface area (Å²) in [7, 11) is 0. The number of benzene rings is 1. The van der Waals surface area contributed by atoms with Crippen molar-refractivity contribution in [3.05, 3.63) is 29.8 Å². The second-order valence-electron chi connectivity index (χ2n) is 8.23. The van der Waals surface area contributed by atoms with Gasteiger partial charge in [0.15, 0.2) is 0 Å². The SMILES string of the molecule is Oc1cccc([C@@H]2CN(C3CCNCC3)[C@@H]3C4CCN(CC4)[C@@H]32)c1. The lowest BCUT2D eigenvalue weighted by molar-refractivity contribution is -0.0223. The van der Waals surface area contributed by atoms with Crippen LogP contribution in [0.4, 0.5) is 0 Å². The van der Waals surface area contributed by atoms with Crippen molar-refractivity contribution < 1.29 is 5.11 Å². The van der Waals surface area contributed by atoms with E-state index in [-0.39, 0.29) is 0 Å². The van der Waals surface area contributed by atoms with E-state index in [2.05, 4.69) is 21.2 Å². The first-order chi connectivity index (χ1) is 11.8. The molecule has 5 heterocycles. The van der Waals surface area contributed by atoms with Crippen LogP contribution < -0.4 is 5.32 Å².